The molecule has 5 nitrogen and oxygen atoms in total. The van der Waals surface area contributed by atoms with E-state index in [4.69, 9.17) is 16.3 Å². The first-order valence-corrected chi connectivity index (χ1v) is 8.22. The number of carbonyl (C=O) groups is 2. The van der Waals surface area contributed by atoms with E-state index >= 15 is 0 Å². The highest BCUT2D eigenvalue weighted by atomic mass is 35.5. The summed E-state index contributed by atoms with van der Waals surface area (Å²) in [6.45, 7) is 2.11. The van der Waals surface area contributed by atoms with Crippen LogP contribution < -0.4 is 15.0 Å². The fourth-order valence-corrected chi connectivity index (χ4v) is 2.90. The van der Waals surface area contributed by atoms with Crippen LogP contribution in [0.25, 0.3) is 0 Å². The van der Waals surface area contributed by atoms with Crippen LogP contribution in [0.15, 0.2) is 35.7 Å². The number of hydrogen-bond donors (Lipinski definition) is 1. The number of benzene rings is 1. The number of halogens is 1. The van der Waals surface area contributed by atoms with Crippen molar-refractivity contribution in [2.24, 2.45) is 0 Å². The van der Waals surface area contributed by atoms with Gasteiger partial charge in [-0.1, -0.05) is 17.7 Å². The second kappa shape index (κ2) is 7.99. The second-order valence-electron chi connectivity index (χ2n) is 4.72. The third-order valence-electron chi connectivity index (χ3n) is 3.18. The van der Waals surface area contributed by atoms with Crippen LogP contribution in [-0.2, 0) is 4.79 Å². The normalized spacial score (nSPS) is 10.2. The predicted octanol–water partition coefficient (Wildman–Crippen LogP) is 3.19. The molecule has 1 heterocycles. The number of amides is 2. The van der Waals surface area contributed by atoms with E-state index in [1.807, 2.05) is 11.4 Å². The van der Waals surface area contributed by atoms with Gasteiger partial charge < -0.3 is 15.0 Å². The zero-order chi connectivity index (χ0) is 16.8. The summed E-state index contributed by atoms with van der Waals surface area (Å²) in [6, 6.07) is 8.64. The molecule has 0 aliphatic carbocycles. The van der Waals surface area contributed by atoms with Gasteiger partial charge >= 0.3 is 0 Å². The Bertz CT molecular complexity index is 689. The Balaban J connectivity index is 2.06. The lowest BCUT2D eigenvalue weighted by atomic mass is 10.2. The quantitative estimate of drug-likeness (QED) is 0.868. The minimum absolute atomic E-state index is 0.151. The number of carbonyl (C=O) groups excluding carboxylic acids is 2. The van der Waals surface area contributed by atoms with Gasteiger partial charge in [-0.2, -0.15) is 0 Å². The molecule has 0 saturated carbocycles. The van der Waals surface area contributed by atoms with Crippen LogP contribution in [0.1, 0.15) is 16.6 Å². The highest BCUT2D eigenvalue weighted by Gasteiger charge is 2.17. The van der Waals surface area contributed by atoms with Crippen molar-refractivity contribution >= 4 is 40.4 Å². The highest BCUT2D eigenvalue weighted by molar-refractivity contribution is 7.12. The van der Waals surface area contributed by atoms with E-state index in [0.717, 1.165) is 0 Å². The third kappa shape index (κ3) is 4.46. The molecule has 122 valence electrons. The average Bonchev–Trinajstić information content (AvgIpc) is 3.05. The minimum Gasteiger partial charge on any atom is -0.495 e. The standard InChI is InChI=1S/C16H17ClN2O3S/c1-11(20)19(13-10-12(17)5-6-14(13)22-2)8-7-18-16(21)15-4-3-9-23-15/h3-6,9-10H,7-8H2,1-2H3,(H,18,21). The summed E-state index contributed by atoms with van der Waals surface area (Å²) in [5.41, 5.74) is 0.581. The number of rotatable bonds is 6. The number of methoxy groups -OCH3 is 1. The molecule has 0 saturated heterocycles. The number of nitrogens with zero attached hydrogens (tertiary/aromatic N) is 1. The smallest absolute Gasteiger partial charge is 0.261 e. The number of thiophene rings is 1. The van der Waals surface area contributed by atoms with E-state index in [0.29, 0.717) is 34.4 Å². The molecule has 0 atom stereocenters. The summed E-state index contributed by atoms with van der Waals surface area (Å²) < 4.78 is 5.28. The van der Waals surface area contributed by atoms with Crippen molar-refractivity contribution in [2.75, 3.05) is 25.1 Å². The van der Waals surface area contributed by atoms with Gasteiger partial charge in [0.15, 0.2) is 0 Å². The summed E-state index contributed by atoms with van der Waals surface area (Å²) in [4.78, 5) is 26.0. The third-order valence-corrected chi connectivity index (χ3v) is 4.28. The molecule has 0 unspecified atom stereocenters. The maximum absolute atomic E-state index is 11.9. The largest absolute Gasteiger partial charge is 0.495 e. The number of ether oxygens (including phenoxy) is 1. The predicted molar refractivity (Wildman–Crippen MR) is 92.7 cm³/mol. The van der Waals surface area contributed by atoms with E-state index in [1.54, 1.807) is 24.3 Å². The Labute approximate surface area is 143 Å². The summed E-state index contributed by atoms with van der Waals surface area (Å²) >= 11 is 7.38. The molecule has 0 spiro atoms. The first-order chi connectivity index (χ1) is 11.0. The number of anilines is 1. The molecule has 1 aromatic heterocycles. The van der Waals surface area contributed by atoms with Gasteiger partial charge in [-0.15, -0.1) is 11.3 Å². The molecule has 0 fully saturated rings. The summed E-state index contributed by atoms with van der Waals surface area (Å²) in [5, 5.41) is 5.15. The SMILES string of the molecule is COc1ccc(Cl)cc1N(CCNC(=O)c1cccs1)C(C)=O. The van der Waals surface area contributed by atoms with Crippen LogP contribution in [0.4, 0.5) is 5.69 Å². The Morgan fingerprint density at radius 3 is 2.74 bits per heavy atom. The molecule has 23 heavy (non-hydrogen) atoms. The molecular formula is C16H17ClN2O3S. The number of hydrogen-bond acceptors (Lipinski definition) is 4. The number of nitrogens with one attached hydrogen (secondary N) is 1. The first-order valence-electron chi connectivity index (χ1n) is 6.96. The van der Waals surface area contributed by atoms with E-state index < -0.39 is 0 Å². The Kier molecular flexibility index (Phi) is 6.01. The molecule has 2 amide bonds. The van der Waals surface area contributed by atoms with Crippen LogP contribution >= 0.6 is 22.9 Å². The topological polar surface area (TPSA) is 58.6 Å². The molecule has 7 heteroatoms. The van der Waals surface area contributed by atoms with Gasteiger partial charge in [0.1, 0.15) is 5.75 Å². The summed E-state index contributed by atoms with van der Waals surface area (Å²) in [5.74, 6) is 0.242. The molecule has 0 aliphatic heterocycles. The van der Waals surface area contributed by atoms with Crippen molar-refractivity contribution in [1.29, 1.82) is 0 Å². The maximum Gasteiger partial charge on any atom is 0.261 e. The van der Waals surface area contributed by atoms with Crippen molar-refractivity contribution in [3.8, 4) is 5.75 Å². The van der Waals surface area contributed by atoms with Crippen LogP contribution in [0, 0.1) is 0 Å². The van der Waals surface area contributed by atoms with Crippen LogP contribution in [0.3, 0.4) is 0 Å². The van der Waals surface area contributed by atoms with Crippen LogP contribution in [0.2, 0.25) is 5.02 Å². The fraction of sp³-hybridized carbons (Fsp3) is 0.250. The monoisotopic (exact) mass is 352 g/mol. The lowest BCUT2D eigenvalue weighted by Gasteiger charge is -2.23. The Morgan fingerprint density at radius 1 is 1.35 bits per heavy atom. The molecule has 0 bridgehead atoms. The molecular weight excluding hydrogens is 336 g/mol. The summed E-state index contributed by atoms with van der Waals surface area (Å²) in [6.07, 6.45) is 0. The molecule has 0 radical (unpaired) electrons. The zero-order valence-electron chi connectivity index (χ0n) is 12.8. The van der Waals surface area contributed by atoms with Crippen LogP contribution in [0.5, 0.6) is 5.75 Å². The second-order valence-corrected chi connectivity index (χ2v) is 6.10. The maximum atomic E-state index is 11.9. The van der Waals surface area contributed by atoms with Crippen molar-refractivity contribution < 1.29 is 14.3 Å². The summed E-state index contributed by atoms with van der Waals surface area (Å²) in [7, 11) is 1.53. The van der Waals surface area contributed by atoms with Crippen molar-refractivity contribution in [3.05, 3.63) is 45.6 Å². The van der Waals surface area contributed by atoms with Gasteiger partial charge in [-0.3, -0.25) is 9.59 Å². The van der Waals surface area contributed by atoms with Gasteiger partial charge in [0.2, 0.25) is 5.91 Å². The Morgan fingerprint density at radius 2 is 2.13 bits per heavy atom. The first kappa shape index (κ1) is 17.3. The van der Waals surface area contributed by atoms with Crippen molar-refractivity contribution in [2.45, 2.75) is 6.92 Å². The molecule has 1 N–H and O–H groups in total. The fourth-order valence-electron chi connectivity index (χ4n) is 2.10. The van der Waals surface area contributed by atoms with E-state index in [1.165, 1.54) is 30.3 Å². The van der Waals surface area contributed by atoms with Gasteiger partial charge in [0.25, 0.3) is 5.91 Å². The van der Waals surface area contributed by atoms with Gasteiger partial charge in [-0.25, -0.2) is 0 Å². The zero-order valence-corrected chi connectivity index (χ0v) is 14.4. The minimum atomic E-state index is -0.157. The van der Waals surface area contributed by atoms with Crippen molar-refractivity contribution in [1.82, 2.24) is 5.32 Å². The van der Waals surface area contributed by atoms with Crippen molar-refractivity contribution in [3.63, 3.8) is 0 Å². The van der Waals surface area contributed by atoms with E-state index in [-0.39, 0.29) is 11.8 Å². The molecule has 1 aromatic carbocycles. The molecule has 2 aromatic rings. The van der Waals surface area contributed by atoms with Crippen LogP contribution in [-0.4, -0.2) is 32.0 Å². The Hall–Kier alpha value is -2.05. The highest BCUT2D eigenvalue weighted by Crippen LogP contribution is 2.31. The molecule has 0 aliphatic rings. The van der Waals surface area contributed by atoms with Gasteiger partial charge in [0, 0.05) is 25.0 Å². The van der Waals surface area contributed by atoms with E-state index in [2.05, 4.69) is 5.32 Å². The van der Waals surface area contributed by atoms with E-state index in [9.17, 15) is 9.59 Å². The van der Waals surface area contributed by atoms with Gasteiger partial charge in [0.05, 0.1) is 17.7 Å². The average molecular weight is 353 g/mol. The van der Waals surface area contributed by atoms with Gasteiger partial charge in [-0.05, 0) is 29.6 Å². The molecule has 2 rings (SSSR count). The lowest BCUT2D eigenvalue weighted by molar-refractivity contribution is -0.116. The lowest BCUT2D eigenvalue weighted by Crippen LogP contribution is -2.37.